The number of thioether (sulfide) groups is 1. The second-order valence-electron chi connectivity index (χ2n) is 4.19. The lowest BCUT2D eigenvalue weighted by Gasteiger charge is -2.08. The summed E-state index contributed by atoms with van der Waals surface area (Å²) in [5.41, 5.74) is 7.88. The van der Waals surface area contributed by atoms with Crippen molar-refractivity contribution in [3.05, 3.63) is 53.8 Å². The summed E-state index contributed by atoms with van der Waals surface area (Å²) in [7, 11) is 0. The zero-order valence-corrected chi connectivity index (χ0v) is 11.5. The highest BCUT2D eigenvalue weighted by molar-refractivity contribution is 7.99. The van der Waals surface area contributed by atoms with Gasteiger partial charge in [0, 0.05) is 16.3 Å². The molecule has 0 amide bonds. The van der Waals surface area contributed by atoms with Crippen LogP contribution >= 0.6 is 11.8 Å². The molecule has 0 saturated carbocycles. The molecule has 0 radical (unpaired) electrons. The van der Waals surface area contributed by atoms with Crippen LogP contribution in [0.2, 0.25) is 0 Å². The fourth-order valence-electron chi connectivity index (χ4n) is 1.64. The molecule has 0 atom stereocenters. The fourth-order valence-corrected chi connectivity index (χ4v) is 2.42. The molecule has 0 unspecified atom stereocenters. The van der Waals surface area contributed by atoms with E-state index >= 15 is 0 Å². The SMILES string of the molecule is Cc1ccc(SCCOc2ccc(F)cc2)c(N)c1. The first-order valence-electron chi connectivity index (χ1n) is 6.02. The van der Waals surface area contributed by atoms with Crippen molar-refractivity contribution in [1.82, 2.24) is 0 Å². The molecule has 0 heterocycles. The van der Waals surface area contributed by atoms with Gasteiger partial charge in [-0.3, -0.25) is 0 Å². The van der Waals surface area contributed by atoms with Gasteiger partial charge in [0.2, 0.25) is 0 Å². The highest BCUT2D eigenvalue weighted by Crippen LogP contribution is 2.25. The van der Waals surface area contributed by atoms with Crippen molar-refractivity contribution in [2.45, 2.75) is 11.8 Å². The molecule has 0 bridgehead atoms. The molecular weight excluding hydrogens is 261 g/mol. The molecule has 2 aromatic carbocycles. The maximum Gasteiger partial charge on any atom is 0.123 e. The second-order valence-corrected chi connectivity index (χ2v) is 5.33. The molecule has 100 valence electrons. The van der Waals surface area contributed by atoms with Gasteiger partial charge in [-0.1, -0.05) is 6.07 Å². The average Bonchev–Trinajstić information content (AvgIpc) is 2.39. The van der Waals surface area contributed by atoms with Crippen molar-refractivity contribution in [2.24, 2.45) is 0 Å². The summed E-state index contributed by atoms with van der Waals surface area (Å²) in [4.78, 5) is 1.06. The largest absolute Gasteiger partial charge is 0.493 e. The van der Waals surface area contributed by atoms with E-state index in [1.165, 1.54) is 12.1 Å². The zero-order valence-electron chi connectivity index (χ0n) is 10.7. The molecule has 4 heteroatoms. The quantitative estimate of drug-likeness (QED) is 0.511. The molecule has 19 heavy (non-hydrogen) atoms. The number of hydrogen-bond acceptors (Lipinski definition) is 3. The smallest absolute Gasteiger partial charge is 0.123 e. The molecule has 0 aliphatic heterocycles. The van der Waals surface area contributed by atoms with Crippen LogP contribution in [0.15, 0.2) is 47.4 Å². The predicted octanol–water partition coefficient (Wildman–Crippen LogP) is 3.89. The lowest BCUT2D eigenvalue weighted by atomic mass is 10.2. The number of nitrogen functional groups attached to an aromatic ring is 1. The summed E-state index contributed by atoms with van der Waals surface area (Å²) in [5.74, 6) is 1.22. The summed E-state index contributed by atoms with van der Waals surface area (Å²) in [5, 5.41) is 0. The van der Waals surface area contributed by atoms with Crippen LogP contribution in [-0.2, 0) is 0 Å². The Bertz CT molecular complexity index is 542. The third kappa shape index (κ3) is 4.17. The van der Waals surface area contributed by atoms with Crippen molar-refractivity contribution < 1.29 is 9.13 Å². The summed E-state index contributed by atoms with van der Waals surface area (Å²) in [6.07, 6.45) is 0. The topological polar surface area (TPSA) is 35.2 Å². The van der Waals surface area contributed by atoms with Gasteiger partial charge in [-0.2, -0.15) is 0 Å². The van der Waals surface area contributed by atoms with Gasteiger partial charge in [-0.15, -0.1) is 11.8 Å². The van der Waals surface area contributed by atoms with Crippen LogP contribution in [0.5, 0.6) is 5.75 Å². The van der Waals surface area contributed by atoms with Gasteiger partial charge >= 0.3 is 0 Å². The van der Waals surface area contributed by atoms with Crippen molar-refractivity contribution in [3.8, 4) is 5.75 Å². The van der Waals surface area contributed by atoms with Gasteiger partial charge in [0.05, 0.1) is 6.61 Å². The first-order chi connectivity index (χ1) is 9.15. The van der Waals surface area contributed by atoms with Crippen LogP contribution in [0.4, 0.5) is 10.1 Å². The monoisotopic (exact) mass is 277 g/mol. The van der Waals surface area contributed by atoms with E-state index in [0.717, 1.165) is 21.9 Å². The van der Waals surface area contributed by atoms with E-state index in [1.807, 2.05) is 25.1 Å². The number of nitrogens with two attached hydrogens (primary N) is 1. The number of hydrogen-bond donors (Lipinski definition) is 1. The molecule has 0 fully saturated rings. The highest BCUT2D eigenvalue weighted by atomic mass is 32.2. The van der Waals surface area contributed by atoms with E-state index < -0.39 is 0 Å². The first kappa shape index (κ1) is 13.7. The van der Waals surface area contributed by atoms with Crippen molar-refractivity contribution in [2.75, 3.05) is 18.1 Å². The molecule has 2 rings (SSSR count). The van der Waals surface area contributed by atoms with Gasteiger partial charge < -0.3 is 10.5 Å². The summed E-state index contributed by atoms with van der Waals surface area (Å²) >= 11 is 1.65. The van der Waals surface area contributed by atoms with Crippen LogP contribution in [-0.4, -0.2) is 12.4 Å². The maximum atomic E-state index is 12.7. The number of halogens is 1. The lowest BCUT2D eigenvalue weighted by molar-refractivity contribution is 0.343. The van der Waals surface area contributed by atoms with Crippen molar-refractivity contribution >= 4 is 17.4 Å². The number of aryl methyl sites for hydroxylation is 1. The minimum atomic E-state index is -0.255. The van der Waals surface area contributed by atoms with Crippen LogP contribution < -0.4 is 10.5 Å². The Morgan fingerprint density at radius 2 is 1.89 bits per heavy atom. The lowest BCUT2D eigenvalue weighted by Crippen LogP contribution is -2.00. The Morgan fingerprint density at radius 3 is 2.58 bits per heavy atom. The Morgan fingerprint density at radius 1 is 1.16 bits per heavy atom. The molecule has 0 saturated heterocycles. The Labute approximate surface area is 116 Å². The van der Waals surface area contributed by atoms with E-state index in [1.54, 1.807) is 23.9 Å². The molecule has 0 aliphatic rings. The minimum absolute atomic E-state index is 0.255. The number of ether oxygens (including phenoxy) is 1. The van der Waals surface area contributed by atoms with Gasteiger partial charge in [-0.25, -0.2) is 4.39 Å². The van der Waals surface area contributed by atoms with Gasteiger partial charge in [0.25, 0.3) is 0 Å². The van der Waals surface area contributed by atoms with Gasteiger partial charge in [0.15, 0.2) is 0 Å². The summed E-state index contributed by atoms with van der Waals surface area (Å²) < 4.78 is 18.2. The number of benzene rings is 2. The molecule has 2 aromatic rings. The minimum Gasteiger partial charge on any atom is -0.493 e. The van der Waals surface area contributed by atoms with Crippen LogP contribution in [0, 0.1) is 12.7 Å². The van der Waals surface area contributed by atoms with Crippen LogP contribution in [0.25, 0.3) is 0 Å². The molecule has 2 N–H and O–H groups in total. The zero-order chi connectivity index (χ0) is 13.7. The van der Waals surface area contributed by atoms with Crippen molar-refractivity contribution in [3.63, 3.8) is 0 Å². The van der Waals surface area contributed by atoms with Crippen LogP contribution in [0.3, 0.4) is 0 Å². The third-order valence-electron chi connectivity index (χ3n) is 2.59. The Kier molecular flexibility index (Phi) is 4.68. The van der Waals surface area contributed by atoms with Crippen molar-refractivity contribution in [1.29, 1.82) is 0 Å². The average molecular weight is 277 g/mol. The first-order valence-corrected chi connectivity index (χ1v) is 7.01. The normalized spacial score (nSPS) is 10.4. The van der Waals surface area contributed by atoms with Crippen LogP contribution in [0.1, 0.15) is 5.56 Å². The van der Waals surface area contributed by atoms with Gasteiger partial charge in [-0.05, 0) is 48.9 Å². The van der Waals surface area contributed by atoms with E-state index in [9.17, 15) is 4.39 Å². The van der Waals surface area contributed by atoms with E-state index in [2.05, 4.69) is 0 Å². The second kappa shape index (κ2) is 6.48. The fraction of sp³-hybridized carbons (Fsp3) is 0.200. The molecular formula is C15H16FNOS. The molecule has 0 spiro atoms. The number of anilines is 1. The van der Waals surface area contributed by atoms with E-state index in [4.69, 9.17) is 10.5 Å². The van der Waals surface area contributed by atoms with E-state index in [-0.39, 0.29) is 5.82 Å². The van der Waals surface area contributed by atoms with Gasteiger partial charge in [0.1, 0.15) is 11.6 Å². The highest BCUT2D eigenvalue weighted by Gasteiger charge is 2.00. The molecule has 0 aliphatic carbocycles. The maximum absolute atomic E-state index is 12.7. The number of rotatable bonds is 5. The van der Waals surface area contributed by atoms with E-state index in [0.29, 0.717) is 12.4 Å². The third-order valence-corrected chi connectivity index (χ3v) is 3.64. The summed E-state index contributed by atoms with van der Waals surface area (Å²) in [6, 6.07) is 12.1. The molecule has 0 aromatic heterocycles. The predicted molar refractivity (Wildman–Crippen MR) is 78.2 cm³/mol. The molecule has 2 nitrogen and oxygen atoms in total. The standard InChI is InChI=1S/C15H16FNOS/c1-11-2-7-15(14(17)10-11)19-9-8-18-13-5-3-12(16)4-6-13/h2-7,10H,8-9,17H2,1H3. The Hall–Kier alpha value is -1.68. The summed E-state index contributed by atoms with van der Waals surface area (Å²) in [6.45, 7) is 2.58. The Balaban J connectivity index is 1.79.